The highest BCUT2D eigenvalue weighted by Gasteiger charge is 2.18. The molecular weight excluding hydrogens is 323 g/mol. The Balaban J connectivity index is 2.04. The van der Waals surface area contributed by atoms with Crippen molar-refractivity contribution in [1.29, 1.82) is 0 Å². The molecule has 2 aromatic carbocycles. The SMILES string of the molecule is CN(C(=O)NC(CCC(=O)O)Cc1ccccc1)c1ccc(F)cc1. The van der Waals surface area contributed by atoms with E-state index in [1.807, 2.05) is 30.3 Å². The van der Waals surface area contributed by atoms with E-state index in [0.717, 1.165) is 5.56 Å². The number of nitrogens with zero attached hydrogens (tertiary/aromatic N) is 1. The Morgan fingerprint density at radius 2 is 1.76 bits per heavy atom. The smallest absolute Gasteiger partial charge is 0.321 e. The van der Waals surface area contributed by atoms with Crippen LogP contribution in [-0.4, -0.2) is 30.2 Å². The molecule has 1 atom stereocenters. The number of amides is 2. The molecule has 0 aliphatic rings. The predicted molar refractivity (Wildman–Crippen MR) is 94.1 cm³/mol. The van der Waals surface area contributed by atoms with Crippen LogP contribution < -0.4 is 10.2 Å². The van der Waals surface area contributed by atoms with E-state index in [1.54, 1.807) is 7.05 Å². The fourth-order valence-electron chi connectivity index (χ4n) is 2.47. The maximum absolute atomic E-state index is 13.0. The highest BCUT2D eigenvalue weighted by Crippen LogP contribution is 2.14. The molecule has 1 unspecified atom stereocenters. The number of carboxylic acid groups (broad SMARTS) is 1. The van der Waals surface area contributed by atoms with Crippen LogP contribution in [0.15, 0.2) is 54.6 Å². The number of urea groups is 1. The average molecular weight is 344 g/mol. The molecule has 6 heteroatoms. The lowest BCUT2D eigenvalue weighted by Gasteiger charge is -2.23. The lowest BCUT2D eigenvalue weighted by molar-refractivity contribution is -0.137. The van der Waals surface area contributed by atoms with Gasteiger partial charge in [-0.2, -0.15) is 0 Å². The number of hydrogen-bond donors (Lipinski definition) is 2. The molecule has 0 aliphatic heterocycles. The van der Waals surface area contributed by atoms with Gasteiger partial charge in [0, 0.05) is 25.2 Å². The number of rotatable bonds is 7. The van der Waals surface area contributed by atoms with E-state index in [9.17, 15) is 14.0 Å². The van der Waals surface area contributed by atoms with E-state index in [1.165, 1.54) is 29.2 Å². The molecule has 0 radical (unpaired) electrons. The Kier molecular flexibility index (Phi) is 6.51. The second-order valence-corrected chi connectivity index (χ2v) is 5.80. The molecule has 0 saturated heterocycles. The van der Waals surface area contributed by atoms with Gasteiger partial charge in [0.25, 0.3) is 0 Å². The number of carbonyl (C=O) groups excluding carboxylic acids is 1. The quantitative estimate of drug-likeness (QED) is 0.808. The van der Waals surface area contributed by atoms with Gasteiger partial charge in [-0.15, -0.1) is 0 Å². The molecule has 2 aromatic rings. The molecule has 0 saturated carbocycles. The number of benzene rings is 2. The van der Waals surface area contributed by atoms with Crippen molar-refractivity contribution in [3.8, 4) is 0 Å². The van der Waals surface area contributed by atoms with Crippen molar-refractivity contribution in [3.63, 3.8) is 0 Å². The first-order valence-electron chi connectivity index (χ1n) is 8.01. The van der Waals surface area contributed by atoms with Crippen molar-refractivity contribution < 1.29 is 19.1 Å². The van der Waals surface area contributed by atoms with Crippen LogP contribution in [0.25, 0.3) is 0 Å². The fourth-order valence-corrected chi connectivity index (χ4v) is 2.47. The molecule has 132 valence electrons. The molecule has 0 aromatic heterocycles. The van der Waals surface area contributed by atoms with Gasteiger partial charge >= 0.3 is 12.0 Å². The van der Waals surface area contributed by atoms with Crippen LogP contribution in [0, 0.1) is 5.82 Å². The molecule has 2 amide bonds. The molecule has 0 bridgehead atoms. The van der Waals surface area contributed by atoms with Crippen molar-refractivity contribution >= 4 is 17.7 Å². The highest BCUT2D eigenvalue weighted by molar-refractivity contribution is 5.91. The zero-order chi connectivity index (χ0) is 18.2. The fraction of sp³-hybridized carbons (Fsp3) is 0.263. The minimum Gasteiger partial charge on any atom is -0.481 e. The van der Waals surface area contributed by atoms with Crippen molar-refractivity contribution in [2.45, 2.75) is 25.3 Å². The van der Waals surface area contributed by atoms with Gasteiger partial charge in [-0.25, -0.2) is 9.18 Å². The average Bonchev–Trinajstić information content (AvgIpc) is 2.60. The summed E-state index contributed by atoms with van der Waals surface area (Å²) in [5.74, 6) is -1.28. The third-order valence-electron chi connectivity index (χ3n) is 3.88. The van der Waals surface area contributed by atoms with Crippen LogP contribution in [-0.2, 0) is 11.2 Å². The van der Waals surface area contributed by atoms with Crippen LogP contribution in [0.3, 0.4) is 0 Å². The summed E-state index contributed by atoms with van der Waals surface area (Å²) in [7, 11) is 1.58. The molecule has 5 nitrogen and oxygen atoms in total. The Morgan fingerprint density at radius 1 is 1.12 bits per heavy atom. The van der Waals surface area contributed by atoms with Crippen LogP contribution in [0.2, 0.25) is 0 Å². The largest absolute Gasteiger partial charge is 0.481 e. The van der Waals surface area contributed by atoms with Gasteiger partial charge < -0.3 is 10.4 Å². The zero-order valence-corrected chi connectivity index (χ0v) is 14.0. The number of halogens is 1. The van der Waals surface area contributed by atoms with E-state index in [0.29, 0.717) is 18.5 Å². The number of hydrogen-bond acceptors (Lipinski definition) is 2. The van der Waals surface area contributed by atoms with Gasteiger partial charge in [0.2, 0.25) is 0 Å². The van der Waals surface area contributed by atoms with E-state index in [2.05, 4.69) is 5.32 Å². The first-order chi connectivity index (χ1) is 12.0. The molecule has 2 N–H and O–H groups in total. The number of carbonyl (C=O) groups is 2. The third kappa shape index (κ3) is 5.91. The van der Waals surface area contributed by atoms with Gasteiger partial charge in [-0.1, -0.05) is 30.3 Å². The van der Waals surface area contributed by atoms with Crippen LogP contribution in [0.5, 0.6) is 0 Å². The molecule has 0 aliphatic carbocycles. The number of aliphatic carboxylic acids is 1. The van der Waals surface area contributed by atoms with Gasteiger partial charge in [0.1, 0.15) is 5.82 Å². The second kappa shape index (κ2) is 8.82. The Bertz CT molecular complexity index is 704. The molecule has 25 heavy (non-hydrogen) atoms. The monoisotopic (exact) mass is 344 g/mol. The first kappa shape index (κ1) is 18.4. The third-order valence-corrected chi connectivity index (χ3v) is 3.88. The first-order valence-corrected chi connectivity index (χ1v) is 8.01. The van der Waals surface area contributed by atoms with Crippen molar-refractivity contribution in [2.24, 2.45) is 0 Å². The van der Waals surface area contributed by atoms with Crippen molar-refractivity contribution in [1.82, 2.24) is 5.32 Å². The van der Waals surface area contributed by atoms with E-state index in [-0.39, 0.29) is 24.3 Å². The Morgan fingerprint density at radius 3 is 2.36 bits per heavy atom. The van der Waals surface area contributed by atoms with Gasteiger partial charge in [0.05, 0.1) is 0 Å². The topological polar surface area (TPSA) is 69.6 Å². The van der Waals surface area contributed by atoms with Crippen LogP contribution in [0.4, 0.5) is 14.9 Å². The summed E-state index contributed by atoms with van der Waals surface area (Å²) < 4.78 is 13.0. The summed E-state index contributed by atoms with van der Waals surface area (Å²) >= 11 is 0. The summed E-state index contributed by atoms with van der Waals surface area (Å²) in [6.07, 6.45) is 0.836. The standard InChI is InChI=1S/C19H21FN2O3/c1-22(17-10-7-15(20)8-11-17)19(25)21-16(9-12-18(23)24)13-14-5-3-2-4-6-14/h2-8,10-11,16H,9,12-13H2,1H3,(H,21,25)(H,23,24). The summed E-state index contributed by atoms with van der Waals surface area (Å²) in [4.78, 5) is 24.7. The van der Waals surface area contributed by atoms with Gasteiger partial charge in [-0.05, 0) is 42.7 Å². The predicted octanol–water partition coefficient (Wildman–Crippen LogP) is 3.45. The van der Waals surface area contributed by atoms with Gasteiger partial charge in [0.15, 0.2) is 0 Å². The molecule has 0 spiro atoms. The minimum absolute atomic E-state index is 0.0297. The minimum atomic E-state index is -0.904. The van der Waals surface area contributed by atoms with Crippen LogP contribution in [0.1, 0.15) is 18.4 Å². The van der Waals surface area contributed by atoms with E-state index >= 15 is 0 Å². The van der Waals surface area contributed by atoms with Gasteiger partial charge in [-0.3, -0.25) is 9.69 Å². The van der Waals surface area contributed by atoms with E-state index in [4.69, 9.17) is 5.11 Å². The summed E-state index contributed by atoms with van der Waals surface area (Å²) in [6, 6.07) is 14.5. The van der Waals surface area contributed by atoms with Crippen molar-refractivity contribution in [3.05, 3.63) is 66.0 Å². The van der Waals surface area contributed by atoms with Crippen LogP contribution >= 0.6 is 0 Å². The normalized spacial score (nSPS) is 11.6. The van der Waals surface area contributed by atoms with E-state index < -0.39 is 5.97 Å². The summed E-state index contributed by atoms with van der Waals surface area (Å²) in [6.45, 7) is 0. The second-order valence-electron chi connectivity index (χ2n) is 5.80. The molecule has 0 fully saturated rings. The lowest BCUT2D eigenvalue weighted by Crippen LogP contribution is -2.44. The Hall–Kier alpha value is -2.89. The highest BCUT2D eigenvalue weighted by atomic mass is 19.1. The lowest BCUT2D eigenvalue weighted by atomic mass is 10.0. The number of anilines is 1. The molecular formula is C19H21FN2O3. The van der Waals surface area contributed by atoms with Crippen molar-refractivity contribution in [2.75, 3.05) is 11.9 Å². The molecule has 0 heterocycles. The number of carboxylic acids is 1. The Labute approximate surface area is 146 Å². The summed E-state index contributed by atoms with van der Waals surface area (Å²) in [5.41, 5.74) is 1.57. The zero-order valence-electron chi connectivity index (χ0n) is 14.0. The maximum Gasteiger partial charge on any atom is 0.321 e. The number of nitrogens with one attached hydrogen (secondary N) is 1. The maximum atomic E-state index is 13.0. The molecule has 2 rings (SSSR count). The summed E-state index contributed by atoms with van der Waals surface area (Å²) in [5, 5.41) is 11.8.